The normalized spacial score (nSPS) is 12.5. The number of carbonyl (C=O) groups excluding carboxylic acids is 1. The highest BCUT2D eigenvalue weighted by atomic mass is 35.5. The van der Waals surface area contributed by atoms with Gasteiger partial charge >= 0.3 is 0 Å². The molecular weight excluding hydrogens is 398 g/mol. The molecule has 2 rings (SSSR count). The fraction of sp³-hybridized carbons (Fsp3) is 0.300. The third-order valence-corrected chi connectivity index (χ3v) is 6.27. The van der Waals surface area contributed by atoms with E-state index in [9.17, 15) is 13.2 Å². The molecule has 6 nitrogen and oxygen atoms in total. The first-order chi connectivity index (χ1) is 13.0. The lowest BCUT2D eigenvalue weighted by Gasteiger charge is -2.25. The Morgan fingerprint density at radius 1 is 1.07 bits per heavy atom. The molecule has 0 atom stereocenters. The predicted octanol–water partition coefficient (Wildman–Crippen LogP) is 4.07. The van der Waals surface area contributed by atoms with Gasteiger partial charge in [-0.1, -0.05) is 62.7 Å². The number of rotatable bonds is 6. The summed E-state index contributed by atoms with van der Waals surface area (Å²) in [4.78, 5) is 12.5. The second kappa shape index (κ2) is 8.75. The van der Waals surface area contributed by atoms with Crippen molar-refractivity contribution in [3.8, 4) is 0 Å². The molecule has 0 spiro atoms. The van der Waals surface area contributed by atoms with Gasteiger partial charge in [0.1, 0.15) is 6.54 Å². The number of sulfonamides is 1. The van der Waals surface area contributed by atoms with Crippen LogP contribution < -0.4 is 9.73 Å². The number of halogens is 1. The Balaban J connectivity index is 2.38. The van der Waals surface area contributed by atoms with Crippen molar-refractivity contribution in [2.24, 2.45) is 10.5 Å². The lowest BCUT2D eigenvalue weighted by Crippen LogP contribution is -2.40. The second-order valence-corrected chi connectivity index (χ2v) is 9.53. The van der Waals surface area contributed by atoms with Crippen molar-refractivity contribution in [2.45, 2.75) is 32.6 Å². The van der Waals surface area contributed by atoms with Gasteiger partial charge in [0.15, 0.2) is 0 Å². The van der Waals surface area contributed by atoms with Crippen LogP contribution in [0.1, 0.15) is 27.7 Å². The zero-order valence-electron chi connectivity index (χ0n) is 16.3. The van der Waals surface area contributed by atoms with Crippen LogP contribution in [-0.4, -0.2) is 26.6 Å². The van der Waals surface area contributed by atoms with Crippen molar-refractivity contribution < 1.29 is 13.2 Å². The van der Waals surface area contributed by atoms with Gasteiger partial charge in [0.2, 0.25) is 0 Å². The summed E-state index contributed by atoms with van der Waals surface area (Å²) in [6, 6.07) is 14.4. The van der Waals surface area contributed by atoms with E-state index in [1.807, 2.05) is 20.8 Å². The fourth-order valence-electron chi connectivity index (χ4n) is 2.15. The summed E-state index contributed by atoms with van der Waals surface area (Å²) in [7, 11) is -4.00. The topological polar surface area (TPSA) is 78.8 Å². The molecular formula is C20H24ClN3O3S. The van der Waals surface area contributed by atoms with Gasteiger partial charge in [-0.05, 0) is 31.2 Å². The van der Waals surface area contributed by atoms with Gasteiger partial charge in [0.05, 0.1) is 15.6 Å². The van der Waals surface area contributed by atoms with Gasteiger partial charge in [-0.15, -0.1) is 0 Å². The number of nitrogens with one attached hydrogen (secondary N) is 1. The summed E-state index contributed by atoms with van der Waals surface area (Å²) in [6.07, 6.45) is 0. The monoisotopic (exact) mass is 421 g/mol. The number of hydrogen-bond acceptors (Lipinski definition) is 4. The Morgan fingerprint density at radius 2 is 1.64 bits per heavy atom. The average molecular weight is 422 g/mol. The molecule has 0 saturated heterocycles. The first-order valence-electron chi connectivity index (χ1n) is 8.69. The molecule has 1 N–H and O–H groups in total. The van der Waals surface area contributed by atoms with Gasteiger partial charge in [0.25, 0.3) is 15.9 Å². The molecule has 28 heavy (non-hydrogen) atoms. The Morgan fingerprint density at radius 3 is 2.21 bits per heavy atom. The number of amides is 1. The highest BCUT2D eigenvalue weighted by Gasteiger charge is 2.28. The summed E-state index contributed by atoms with van der Waals surface area (Å²) in [5.74, 6) is -0.567. The minimum atomic E-state index is -4.00. The number of carbonyl (C=O) groups is 1. The van der Waals surface area contributed by atoms with Gasteiger partial charge in [0, 0.05) is 11.1 Å². The highest BCUT2D eigenvalue weighted by Crippen LogP contribution is 2.30. The molecule has 0 saturated carbocycles. The van der Waals surface area contributed by atoms with Gasteiger partial charge < -0.3 is 0 Å². The van der Waals surface area contributed by atoms with Gasteiger partial charge in [-0.2, -0.15) is 5.10 Å². The van der Waals surface area contributed by atoms with Crippen molar-refractivity contribution in [3.05, 3.63) is 59.6 Å². The van der Waals surface area contributed by atoms with Gasteiger partial charge in [-0.3, -0.25) is 9.10 Å². The zero-order valence-corrected chi connectivity index (χ0v) is 17.9. The van der Waals surface area contributed by atoms with Crippen LogP contribution in [0.2, 0.25) is 5.02 Å². The first kappa shape index (κ1) is 21.9. The van der Waals surface area contributed by atoms with E-state index in [1.165, 1.54) is 12.1 Å². The average Bonchev–Trinajstić information content (AvgIpc) is 2.64. The Bertz CT molecular complexity index is 968. The summed E-state index contributed by atoms with van der Waals surface area (Å²) < 4.78 is 27.3. The van der Waals surface area contributed by atoms with Crippen molar-refractivity contribution in [3.63, 3.8) is 0 Å². The molecule has 0 radical (unpaired) electrons. The third kappa shape index (κ3) is 5.33. The number of benzene rings is 2. The lowest BCUT2D eigenvalue weighted by molar-refractivity contribution is -0.119. The Kier molecular flexibility index (Phi) is 6.85. The van der Waals surface area contributed by atoms with E-state index < -0.39 is 22.5 Å². The molecule has 2 aromatic carbocycles. The first-order valence-corrected chi connectivity index (χ1v) is 10.5. The summed E-state index contributed by atoms with van der Waals surface area (Å²) in [6.45, 7) is 7.24. The van der Waals surface area contributed by atoms with Crippen molar-refractivity contribution in [1.29, 1.82) is 0 Å². The molecule has 0 fully saturated rings. The maximum Gasteiger partial charge on any atom is 0.264 e. The minimum Gasteiger partial charge on any atom is -0.271 e. The molecule has 0 heterocycles. The molecule has 0 aromatic heterocycles. The van der Waals surface area contributed by atoms with Crippen molar-refractivity contribution in [2.75, 3.05) is 10.8 Å². The quantitative estimate of drug-likeness (QED) is 0.564. The maximum atomic E-state index is 13.2. The molecule has 0 aliphatic rings. The molecule has 150 valence electrons. The van der Waals surface area contributed by atoms with E-state index in [2.05, 4.69) is 10.5 Å². The molecule has 8 heteroatoms. The second-order valence-electron chi connectivity index (χ2n) is 7.26. The van der Waals surface area contributed by atoms with Crippen LogP contribution in [0.5, 0.6) is 0 Å². The number of para-hydroxylation sites is 1. The number of hydrazone groups is 1. The highest BCUT2D eigenvalue weighted by molar-refractivity contribution is 7.92. The smallest absolute Gasteiger partial charge is 0.264 e. The zero-order chi connectivity index (χ0) is 20.9. The Labute approximate surface area is 171 Å². The van der Waals surface area contributed by atoms with E-state index in [0.717, 1.165) is 10.0 Å². The molecule has 0 bridgehead atoms. The van der Waals surface area contributed by atoms with Crippen molar-refractivity contribution in [1.82, 2.24) is 5.43 Å². The standard InChI is InChI=1S/C20H24ClN3O3S/c1-15(20(2,3)4)22-23-19(25)14-24(18-13-9-8-12-17(18)21)28(26,27)16-10-6-5-7-11-16/h5-13H,14H2,1-4H3,(H,23,25)/b22-15-. The van der Waals surface area contributed by atoms with Crippen LogP contribution in [0, 0.1) is 5.41 Å². The van der Waals surface area contributed by atoms with E-state index in [0.29, 0.717) is 0 Å². The molecule has 1 amide bonds. The van der Waals surface area contributed by atoms with Gasteiger partial charge in [-0.25, -0.2) is 13.8 Å². The van der Waals surface area contributed by atoms with Crippen LogP contribution in [0.3, 0.4) is 0 Å². The molecule has 0 aliphatic carbocycles. The van der Waals surface area contributed by atoms with E-state index in [-0.39, 0.29) is 21.0 Å². The Hall–Kier alpha value is -2.38. The third-order valence-electron chi connectivity index (χ3n) is 4.17. The number of hydrogen-bond donors (Lipinski definition) is 1. The van der Waals surface area contributed by atoms with E-state index in [1.54, 1.807) is 49.4 Å². The van der Waals surface area contributed by atoms with E-state index in [4.69, 9.17) is 11.6 Å². The predicted molar refractivity (Wildman–Crippen MR) is 113 cm³/mol. The minimum absolute atomic E-state index is 0.0668. The lowest BCUT2D eigenvalue weighted by atomic mass is 9.91. The summed E-state index contributed by atoms with van der Waals surface area (Å²) in [5, 5.41) is 4.31. The summed E-state index contributed by atoms with van der Waals surface area (Å²) in [5.41, 5.74) is 3.16. The van der Waals surface area contributed by atoms with Crippen LogP contribution >= 0.6 is 11.6 Å². The maximum absolute atomic E-state index is 13.2. The van der Waals surface area contributed by atoms with E-state index >= 15 is 0 Å². The van der Waals surface area contributed by atoms with Crippen LogP contribution in [0.4, 0.5) is 5.69 Å². The van der Waals surface area contributed by atoms with Crippen molar-refractivity contribution >= 4 is 38.9 Å². The molecule has 0 unspecified atom stereocenters. The number of anilines is 1. The molecule has 0 aliphatic heterocycles. The van der Waals surface area contributed by atoms with Crippen LogP contribution in [-0.2, 0) is 14.8 Å². The largest absolute Gasteiger partial charge is 0.271 e. The fourth-order valence-corrected chi connectivity index (χ4v) is 3.90. The number of nitrogens with zero attached hydrogens (tertiary/aromatic N) is 2. The van der Waals surface area contributed by atoms with Crippen LogP contribution in [0.15, 0.2) is 64.6 Å². The van der Waals surface area contributed by atoms with Crippen LogP contribution in [0.25, 0.3) is 0 Å². The summed E-state index contributed by atoms with van der Waals surface area (Å²) >= 11 is 6.22. The SMILES string of the molecule is C/C(=N/NC(=O)CN(c1ccccc1Cl)S(=O)(=O)c1ccccc1)C(C)(C)C. The molecule has 2 aromatic rings.